The second-order valence-corrected chi connectivity index (χ2v) is 7.55. The van der Waals surface area contributed by atoms with E-state index in [-0.39, 0.29) is 12.1 Å². The molecule has 0 spiro atoms. The average molecular weight is 308 g/mol. The van der Waals surface area contributed by atoms with Gasteiger partial charge in [0.2, 0.25) is 0 Å². The normalized spacial score (nSPS) is 16.7. The number of thioether (sulfide) groups is 1. The summed E-state index contributed by atoms with van der Waals surface area (Å²) in [5, 5.41) is 13.0. The van der Waals surface area contributed by atoms with E-state index in [0.717, 1.165) is 31.6 Å². The van der Waals surface area contributed by atoms with E-state index in [2.05, 4.69) is 37.4 Å². The van der Waals surface area contributed by atoms with E-state index in [1.807, 2.05) is 11.8 Å². The molecule has 2 N–H and O–H groups in total. The monoisotopic (exact) mass is 307 g/mol. The molecule has 1 unspecified atom stereocenters. The molecule has 0 amide bonds. The summed E-state index contributed by atoms with van der Waals surface area (Å²) in [6.45, 7) is 5.49. The second-order valence-electron chi connectivity index (χ2n) is 6.38. The predicted molar refractivity (Wildman–Crippen MR) is 92.2 cm³/mol. The van der Waals surface area contributed by atoms with Crippen molar-refractivity contribution in [1.82, 2.24) is 5.32 Å². The molecule has 2 nitrogen and oxygen atoms in total. The molecule has 0 saturated carbocycles. The number of aliphatic hydroxyl groups is 1. The number of benzene rings is 1. The Labute approximate surface area is 133 Å². The highest BCUT2D eigenvalue weighted by molar-refractivity contribution is 7.99. The Morgan fingerprint density at radius 2 is 2.10 bits per heavy atom. The van der Waals surface area contributed by atoms with E-state index in [1.54, 1.807) is 11.1 Å². The molecule has 0 aromatic heterocycles. The van der Waals surface area contributed by atoms with Gasteiger partial charge in [0.05, 0.1) is 6.61 Å². The van der Waals surface area contributed by atoms with Gasteiger partial charge < -0.3 is 10.4 Å². The summed E-state index contributed by atoms with van der Waals surface area (Å²) < 4.78 is 0. The highest BCUT2D eigenvalue weighted by Crippen LogP contribution is 2.28. The first kappa shape index (κ1) is 16.9. The minimum absolute atomic E-state index is 0.117. The number of hydrogen-bond donors (Lipinski definition) is 2. The van der Waals surface area contributed by atoms with E-state index in [0.29, 0.717) is 0 Å². The van der Waals surface area contributed by atoms with Crippen molar-refractivity contribution in [2.24, 2.45) is 0 Å². The van der Waals surface area contributed by atoms with Crippen molar-refractivity contribution >= 4 is 11.8 Å². The Bertz CT molecular complexity index is 449. The molecular formula is C18H29NOS. The minimum atomic E-state index is -0.117. The van der Waals surface area contributed by atoms with Crippen LogP contribution in [0.5, 0.6) is 0 Å². The van der Waals surface area contributed by atoms with Crippen LogP contribution in [0.3, 0.4) is 0 Å². The molecular weight excluding hydrogens is 278 g/mol. The zero-order valence-electron chi connectivity index (χ0n) is 13.5. The third-order valence-corrected chi connectivity index (χ3v) is 5.44. The van der Waals surface area contributed by atoms with Crippen molar-refractivity contribution < 1.29 is 5.11 Å². The Balaban J connectivity index is 1.74. The Hall–Kier alpha value is -0.510. The van der Waals surface area contributed by atoms with Crippen LogP contribution in [0.25, 0.3) is 0 Å². The van der Waals surface area contributed by atoms with Crippen LogP contribution in [0.2, 0.25) is 0 Å². The molecule has 1 aliphatic rings. The van der Waals surface area contributed by atoms with Crippen molar-refractivity contribution in [2.75, 3.05) is 18.9 Å². The molecule has 0 heterocycles. The first-order valence-electron chi connectivity index (χ1n) is 8.27. The van der Waals surface area contributed by atoms with Gasteiger partial charge in [-0.15, -0.1) is 11.8 Å². The highest BCUT2D eigenvalue weighted by Gasteiger charge is 2.21. The first-order valence-corrected chi connectivity index (χ1v) is 9.26. The second kappa shape index (κ2) is 8.21. The maximum atomic E-state index is 9.56. The number of nitrogens with one attached hydrogen (secondary N) is 1. The third-order valence-electron chi connectivity index (χ3n) is 4.36. The zero-order valence-corrected chi connectivity index (χ0v) is 14.3. The topological polar surface area (TPSA) is 32.3 Å². The number of hydrogen-bond acceptors (Lipinski definition) is 3. The molecule has 0 saturated heterocycles. The van der Waals surface area contributed by atoms with Crippen molar-refractivity contribution in [3.05, 3.63) is 29.3 Å². The standard InChI is InChI=1S/C18H29NOS/c1-3-11-19-18(2,14-20)10-5-12-21-17-9-8-15-6-4-7-16(15)13-17/h8-9,13,19-20H,3-7,10-12,14H2,1-2H3. The molecule has 2 rings (SSSR count). The van der Waals surface area contributed by atoms with Gasteiger partial charge in [-0.2, -0.15) is 0 Å². The SMILES string of the molecule is CCCNC(C)(CO)CCCSc1ccc2c(c1)CCC2. The molecule has 21 heavy (non-hydrogen) atoms. The van der Waals surface area contributed by atoms with Gasteiger partial charge in [-0.05, 0) is 81.0 Å². The molecule has 118 valence electrons. The third kappa shape index (κ3) is 5.01. The summed E-state index contributed by atoms with van der Waals surface area (Å²) in [4.78, 5) is 1.41. The summed E-state index contributed by atoms with van der Waals surface area (Å²) in [7, 11) is 0. The quantitative estimate of drug-likeness (QED) is 0.538. The fourth-order valence-electron chi connectivity index (χ4n) is 2.94. The molecule has 3 heteroatoms. The Morgan fingerprint density at radius 3 is 2.86 bits per heavy atom. The van der Waals surface area contributed by atoms with Gasteiger partial charge in [0.25, 0.3) is 0 Å². The van der Waals surface area contributed by atoms with Crippen LogP contribution in [0.4, 0.5) is 0 Å². The van der Waals surface area contributed by atoms with E-state index in [9.17, 15) is 5.11 Å². The van der Waals surface area contributed by atoms with Crippen molar-refractivity contribution in [3.8, 4) is 0 Å². The number of aryl methyl sites for hydroxylation is 2. The molecule has 0 aliphatic heterocycles. The molecule has 0 fully saturated rings. The molecule has 1 atom stereocenters. The van der Waals surface area contributed by atoms with Gasteiger partial charge in [-0.3, -0.25) is 0 Å². The summed E-state index contributed by atoms with van der Waals surface area (Å²) in [5.74, 6) is 1.13. The molecule has 0 bridgehead atoms. The van der Waals surface area contributed by atoms with Crippen LogP contribution in [0.1, 0.15) is 50.7 Å². The summed E-state index contributed by atoms with van der Waals surface area (Å²) in [6, 6.07) is 6.97. The fourth-order valence-corrected chi connectivity index (χ4v) is 3.85. The molecule has 1 aliphatic carbocycles. The Kier molecular flexibility index (Phi) is 6.59. The van der Waals surface area contributed by atoms with Crippen molar-refractivity contribution in [3.63, 3.8) is 0 Å². The average Bonchev–Trinajstić information content (AvgIpc) is 2.97. The first-order chi connectivity index (χ1) is 10.2. The lowest BCUT2D eigenvalue weighted by Crippen LogP contribution is -2.46. The lowest BCUT2D eigenvalue weighted by Gasteiger charge is -2.28. The van der Waals surface area contributed by atoms with Crippen LogP contribution in [-0.4, -0.2) is 29.5 Å². The van der Waals surface area contributed by atoms with Crippen LogP contribution in [-0.2, 0) is 12.8 Å². The van der Waals surface area contributed by atoms with Crippen LogP contribution in [0.15, 0.2) is 23.1 Å². The minimum Gasteiger partial charge on any atom is -0.394 e. The van der Waals surface area contributed by atoms with Gasteiger partial charge in [0.1, 0.15) is 0 Å². The summed E-state index contributed by atoms with van der Waals surface area (Å²) in [5.41, 5.74) is 3.00. The predicted octanol–water partition coefficient (Wildman–Crippen LogP) is 3.80. The van der Waals surface area contributed by atoms with Gasteiger partial charge in [0.15, 0.2) is 0 Å². The van der Waals surface area contributed by atoms with Gasteiger partial charge in [-0.25, -0.2) is 0 Å². The summed E-state index contributed by atoms with van der Waals surface area (Å²) in [6.07, 6.45) is 7.11. The maximum Gasteiger partial charge on any atom is 0.0610 e. The zero-order chi connectivity index (χ0) is 15.1. The van der Waals surface area contributed by atoms with Crippen LogP contribution < -0.4 is 5.32 Å². The van der Waals surface area contributed by atoms with E-state index in [4.69, 9.17) is 0 Å². The number of fused-ring (bicyclic) bond motifs is 1. The van der Waals surface area contributed by atoms with Gasteiger partial charge in [-0.1, -0.05) is 13.0 Å². The smallest absolute Gasteiger partial charge is 0.0610 e. The highest BCUT2D eigenvalue weighted by atomic mass is 32.2. The Morgan fingerprint density at radius 1 is 1.29 bits per heavy atom. The summed E-state index contributed by atoms with van der Waals surface area (Å²) >= 11 is 1.95. The van der Waals surface area contributed by atoms with Crippen molar-refractivity contribution in [2.45, 2.75) is 62.8 Å². The molecule has 0 radical (unpaired) electrons. The largest absolute Gasteiger partial charge is 0.394 e. The van der Waals surface area contributed by atoms with Crippen LogP contribution >= 0.6 is 11.8 Å². The van der Waals surface area contributed by atoms with Gasteiger partial charge >= 0.3 is 0 Å². The van der Waals surface area contributed by atoms with Gasteiger partial charge in [0, 0.05) is 10.4 Å². The maximum absolute atomic E-state index is 9.56. The van der Waals surface area contributed by atoms with E-state index >= 15 is 0 Å². The lowest BCUT2D eigenvalue weighted by atomic mass is 9.97. The van der Waals surface area contributed by atoms with E-state index < -0.39 is 0 Å². The fraction of sp³-hybridized carbons (Fsp3) is 0.667. The van der Waals surface area contributed by atoms with Crippen molar-refractivity contribution in [1.29, 1.82) is 0 Å². The molecule has 1 aromatic rings. The van der Waals surface area contributed by atoms with Crippen LogP contribution in [0, 0.1) is 0 Å². The van der Waals surface area contributed by atoms with E-state index in [1.165, 1.54) is 24.2 Å². The number of aliphatic hydroxyl groups excluding tert-OH is 1. The lowest BCUT2D eigenvalue weighted by molar-refractivity contribution is 0.165. The molecule has 1 aromatic carbocycles. The number of rotatable bonds is 9.